The van der Waals surface area contributed by atoms with Gasteiger partial charge in [0.25, 0.3) is 5.91 Å². The van der Waals surface area contributed by atoms with Gasteiger partial charge in [0.1, 0.15) is 5.69 Å². The van der Waals surface area contributed by atoms with Crippen molar-refractivity contribution in [3.05, 3.63) is 70.3 Å². The molecule has 0 radical (unpaired) electrons. The highest BCUT2D eigenvalue weighted by Crippen LogP contribution is 2.20. The minimum absolute atomic E-state index is 0.0711. The van der Waals surface area contributed by atoms with E-state index in [1.54, 1.807) is 0 Å². The predicted molar refractivity (Wildman–Crippen MR) is 88.5 cm³/mol. The van der Waals surface area contributed by atoms with Gasteiger partial charge in [0.15, 0.2) is 0 Å². The molecule has 0 aliphatic carbocycles. The van der Waals surface area contributed by atoms with Crippen LogP contribution in [-0.4, -0.2) is 17.4 Å². The molecule has 0 saturated heterocycles. The number of hydrogen-bond donors (Lipinski definition) is 2. The van der Waals surface area contributed by atoms with E-state index >= 15 is 0 Å². The fraction of sp³-hybridized carbons (Fsp3) is 0.118. The molecule has 0 atom stereocenters. The van der Waals surface area contributed by atoms with Gasteiger partial charge in [-0.05, 0) is 30.2 Å². The quantitative estimate of drug-likeness (QED) is 0.741. The molecule has 3 aromatic rings. The summed E-state index contributed by atoms with van der Waals surface area (Å²) in [6, 6.07) is 17.9. The lowest BCUT2D eigenvalue weighted by molar-refractivity contribution is 0.0950. The Labute approximate surface area is 131 Å². The van der Waals surface area contributed by atoms with Crippen molar-refractivity contribution in [2.24, 2.45) is 0 Å². The molecule has 0 aliphatic heterocycles. The van der Waals surface area contributed by atoms with E-state index < -0.39 is 0 Å². The molecule has 2 N–H and O–H groups in total. The molecule has 0 saturated carbocycles. The highest BCUT2D eigenvalue weighted by molar-refractivity contribution is 9.10. The fourth-order valence-electron chi connectivity index (χ4n) is 2.28. The third-order valence-corrected chi connectivity index (χ3v) is 3.86. The average molecular weight is 343 g/mol. The van der Waals surface area contributed by atoms with Crippen LogP contribution in [0.4, 0.5) is 0 Å². The van der Waals surface area contributed by atoms with Gasteiger partial charge in [-0.3, -0.25) is 4.79 Å². The molecule has 3 rings (SSSR count). The lowest BCUT2D eigenvalue weighted by atomic mass is 10.1. The van der Waals surface area contributed by atoms with Crippen LogP contribution in [0.5, 0.6) is 0 Å². The van der Waals surface area contributed by atoms with Crippen LogP contribution in [0.2, 0.25) is 0 Å². The van der Waals surface area contributed by atoms with E-state index in [0.717, 1.165) is 21.8 Å². The van der Waals surface area contributed by atoms with Crippen LogP contribution in [-0.2, 0) is 6.42 Å². The number of H-pyrrole nitrogens is 1. The summed E-state index contributed by atoms with van der Waals surface area (Å²) in [5.74, 6) is -0.0711. The maximum Gasteiger partial charge on any atom is 0.267 e. The van der Waals surface area contributed by atoms with Gasteiger partial charge in [-0.2, -0.15) is 0 Å². The second-order valence-corrected chi connectivity index (χ2v) is 5.82. The average Bonchev–Trinajstić information content (AvgIpc) is 2.91. The first kappa shape index (κ1) is 13.9. The number of benzene rings is 2. The van der Waals surface area contributed by atoms with Gasteiger partial charge in [0, 0.05) is 21.9 Å². The van der Waals surface area contributed by atoms with Crippen molar-refractivity contribution >= 4 is 32.7 Å². The van der Waals surface area contributed by atoms with Crippen LogP contribution in [0.15, 0.2) is 59.1 Å². The summed E-state index contributed by atoms with van der Waals surface area (Å²) < 4.78 is 0.993. The Kier molecular flexibility index (Phi) is 4.06. The molecule has 2 aromatic carbocycles. The topological polar surface area (TPSA) is 44.9 Å². The van der Waals surface area contributed by atoms with E-state index in [1.165, 1.54) is 5.56 Å². The molecule has 3 nitrogen and oxygen atoms in total. The second kappa shape index (κ2) is 6.14. The first-order valence-electron chi connectivity index (χ1n) is 6.83. The van der Waals surface area contributed by atoms with Crippen LogP contribution >= 0.6 is 15.9 Å². The van der Waals surface area contributed by atoms with Crippen molar-refractivity contribution in [2.75, 3.05) is 6.54 Å². The molecule has 1 aromatic heterocycles. The molecule has 4 heteroatoms. The van der Waals surface area contributed by atoms with E-state index in [0.29, 0.717) is 12.2 Å². The van der Waals surface area contributed by atoms with Crippen molar-refractivity contribution in [1.29, 1.82) is 0 Å². The van der Waals surface area contributed by atoms with Gasteiger partial charge in [-0.15, -0.1) is 0 Å². The summed E-state index contributed by atoms with van der Waals surface area (Å²) in [5.41, 5.74) is 2.77. The molecule has 0 aliphatic rings. The van der Waals surface area contributed by atoms with Crippen LogP contribution in [0.25, 0.3) is 10.9 Å². The second-order valence-electron chi connectivity index (χ2n) is 4.91. The molecule has 0 fully saturated rings. The molecule has 0 spiro atoms. The summed E-state index contributed by atoms with van der Waals surface area (Å²) in [5, 5.41) is 3.97. The number of amides is 1. The summed E-state index contributed by atoms with van der Waals surface area (Å²) in [4.78, 5) is 15.3. The van der Waals surface area contributed by atoms with E-state index in [9.17, 15) is 4.79 Å². The Bertz CT molecular complexity index is 765. The molecule has 1 heterocycles. The number of halogens is 1. The molecule has 21 heavy (non-hydrogen) atoms. The van der Waals surface area contributed by atoms with Gasteiger partial charge in [-0.25, -0.2) is 0 Å². The van der Waals surface area contributed by atoms with E-state index in [-0.39, 0.29) is 5.91 Å². The first-order valence-corrected chi connectivity index (χ1v) is 7.62. The van der Waals surface area contributed by atoms with Gasteiger partial charge in [-0.1, -0.05) is 52.3 Å². The summed E-state index contributed by atoms with van der Waals surface area (Å²) >= 11 is 3.43. The Morgan fingerprint density at radius 2 is 1.90 bits per heavy atom. The van der Waals surface area contributed by atoms with Crippen LogP contribution in [0.3, 0.4) is 0 Å². The van der Waals surface area contributed by atoms with Gasteiger partial charge in [0.2, 0.25) is 0 Å². The molecular weight excluding hydrogens is 328 g/mol. The van der Waals surface area contributed by atoms with Crippen molar-refractivity contribution < 1.29 is 4.79 Å². The van der Waals surface area contributed by atoms with Crippen molar-refractivity contribution in [3.63, 3.8) is 0 Å². The summed E-state index contributed by atoms with van der Waals surface area (Å²) in [6.07, 6.45) is 0.832. The highest BCUT2D eigenvalue weighted by atomic mass is 79.9. The number of carbonyl (C=O) groups is 1. The smallest absolute Gasteiger partial charge is 0.267 e. The number of nitrogens with one attached hydrogen (secondary N) is 2. The maximum atomic E-state index is 12.1. The van der Waals surface area contributed by atoms with E-state index in [1.807, 2.05) is 42.5 Å². The largest absolute Gasteiger partial charge is 0.350 e. The lowest BCUT2D eigenvalue weighted by Gasteiger charge is -2.03. The Hall–Kier alpha value is -2.07. The third kappa shape index (κ3) is 3.34. The maximum absolute atomic E-state index is 12.1. The normalized spacial score (nSPS) is 10.7. The summed E-state index contributed by atoms with van der Waals surface area (Å²) in [6.45, 7) is 0.627. The van der Waals surface area contributed by atoms with Gasteiger partial charge < -0.3 is 10.3 Å². The lowest BCUT2D eigenvalue weighted by Crippen LogP contribution is -2.25. The molecule has 106 valence electrons. The van der Waals surface area contributed by atoms with Crippen LogP contribution in [0.1, 0.15) is 16.1 Å². The zero-order chi connectivity index (χ0) is 14.7. The SMILES string of the molecule is O=C(NCCc1ccccc1)c1cc2ccc(Br)cc2[nH]1. The number of carbonyl (C=O) groups excluding carboxylic acids is 1. The standard InChI is InChI=1S/C17H15BrN2O/c18-14-7-6-13-10-16(20-15(13)11-14)17(21)19-9-8-12-4-2-1-3-5-12/h1-7,10-11,20H,8-9H2,(H,19,21). The van der Waals surface area contributed by atoms with Crippen LogP contribution < -0.4 is 5.32 Å². The number of fused-ring (bicyclic) bond motifs is 1. The minimum Gasteiger partial charge on any atom is -0.350 e. The monoisotopic (exact) mass is 342 g/mol. The minimum atomic E-state index is -0.0711. The van der Waals surface area contributed by atoms with Gasteiger partial charge >= 0.3 is 0 Å². The Balaban J connectivity index is 1.64. The van der Waals surface area contributed by atoms with Crippen molar-refractivity contribution in [3.8, 4) is 0 Å². The van der Waals surface area contributed by atoms with E-state index in [4.69, 9.17) is 0 Å². The zero-order valence-corrected chi connectivity index (χ0v) is 13.0. The van der Waals surface area contributed by atoms with Crippen molar-refractivity contribution in [1.82, 2.24) is 10.3 Å². The predicted octanol–water partition coefficient (Wildman–Crippen LogP) is 3.90. The molecule has 1 amide bonds. The summed E-state index contributed by atoms with van der Waals surface area (Å²) in [7, 11) is 0. The fourth-order valence-corrected chi connectivity index (χ4v) is 2.64. The third-order valence-electron chi connectivity index (χ3n) is 3.37. The van der Waals surface area contributed by atoms with Crippen molar-refractivity contribution in [2.45, 2.75) is 6.42 Å². The number of hydrogen-bond acceptors (Lipinski definition) is 1. The van der Waals surface area contributed by atoms with E-state index in [2.05, 4.69) is 38.4 Å². The molecular formula is C17H15BrN2O. The number of aromatic nitrogens is 1. The zero-order valence-electron chi connectivity index (χ0n) is 11.4. The first-order chi connectivity index (χ1) is 10.2. The molecule has 0 unspecified atom stereocenters. The Morgan fingerprint density at radius 1 is 1.10 bits per heavy atom. The highest BCUT2D eigenvalue weighted by Gasteiger charge is 2.09. The van der Waals surface area contributed by atoms with Gasteiger partial charge in [0.05, 0.1) is 0 Å². The van der Waals surface area contributed by atoms with Crippen LogP contribution in [0, 0.1) is 0 Å². The molecule has 0 bridgehead atoms. The number of rotatable bonds is 4. The Morgan fingerprint density at radius 3 is 2.71 bits per heavy atom. The number of aromatic amines is 1.